The summed E-state index contributed by atoms with van der Waals surface area (Å²) in [6, 6.07) is 26.4. The van der Waals surface area contributed by atoms with E-state index in [4.69, 9.17) is 47.4 Å². The van der Waals surface area contributed by atoms with Crippen molar-refractivity contribution in [1.29, 1.82) is 0 Å². The van der Waals surface area contributed by atoms with E-state index in [1.807, 2.05) is 89.5 Å². The molecule has 0 unspecified atom stereocenters. The number of alkyl halides is 3. The number of aromatic nitrogens is 16. The molecule has 12 aromatic rings. The van der Waals surface area contributed by atoms with Gasteiger partial charge in [0, 0.05) is 136 Å². The first-order valence-corrected chi connectivity index (χ1v) is 36.4. The Kier molecular flexibility index (Phi) is 31.1. The first-order valence-electron chi connectivity index (χ1n) is 36.4. The predicted molar refractivity (Wildman–Crippen MR) is 413 cm³/mol. The summed E-state index contributed by atoms with van der Waals surface area (Å²) in [4.78, 5) is 82.3. The van der Waals surface area contributed by atoms with Gasteiger partial charge in [0.15, 0.2) is 25.1 Å². The molecule has 0 radical (unpaired) electrons. The van der Waals surface area contributed by atoms with Crippen molar-refractivity contribution in [2.24, 2.45) is 0 Å². The molecule has 0 aliphatic carbocycles. The molecule has 0 spiro atoms. The van der Waals surface area contributed by atoms with Crippen LogP contribution in [-0.4, -0.2) is 189 Å². The number of hydrogen-bond acceptors (Lipinski definition) is 27. The minimum atomic E-state index is -4.37. The van der Waals surface area contributed by atoms with Gasteiger partial charge >= 0.3 is 6.18 Å². The molecule has 0 saturated carbocycles. The number of carbonyl (C=O) groups excluding carboxylic acids is 4. The molecule has 13 heterocycles. The van der Waals surface area contributed by atoms with Gasteiger partial charge < -0.3 is 47.4 Å². The number of ether oxygens (including phenoxy) is 10. The summed E-state index contributed by atoms with van der Waals surface area (Å²) in [6.45, 7) is 16.6. The number of nitrogens with zero attached hydrogens (tertiary/aromatic N) is 17. The minimum absolute atomic E-state index is 0.0180. The van der Waals surface area contributed by atoms with Crippen LogP contribution in [0.3, 0.4) is 0 Å². The topological polar surface area (TPSA) is 338 Å². The van der Waals surface area contributed by atoms with E-state index in [9.17, 15) is 32.3 Å². The monoisotopic (exact) mass is 1580 g/mol. The summed E-state index contributed by atoms with van der Waals surface area (Å²) in [5.41, 5.74) is 11.6. The number of halogens is 3. The quantitative estimate of drug-likeness (QED) is 0.0267. The third-order valence-corrected chi connectivity index (χ3v) is 17.2. The molecule has 13 rings (SSSR count). The van der Waals surface area contributed by atoms with Crippen LogP contribution in [-0.2, 0) is 55.5 Å². The number of rotatable bonds is 34. The highest BCUT2D eigenvalue weighted by molar-refractivity contribution is 5.81. The Bertz CT molecular complexity index is 5150. The molecule has 0 amide bonds. The highest BCUT2D eigenvalue weighted by Crippen LogP contribution is 2.32. The second-order valence-corrected chi connectivity index (χ2v) is 25.3. The maximum absolute atomic E-state index is 12.5. The van der Waals surface area contributed by atoms with Crippen LogP contribution in [0.15, 0.2) is 165 Å². The fraction of sp³-hybridized carbons (Fsp3) is 0.309. The molecule has 115 heavy (non-hydrogen) atoms. The molecule has 12 aromatic heterocycles. The molecule has 0 bridgehead atoms. The average molecular weight is 1580 g/mol. The van der Waals surface area contributed by atoms with Crippen molar-refractivity contribution >= 4 is 25.1 Å². The van der Waals surface area contributed by atoms with Gasteiger partial charge in [0.05, 0.1) is 127 Å². The van der Waals surface area contributed by atoms with Crippen molar-refractivity contribution in [2.75, 3.05) is 74.0 Å². The normalized spacial score (nSPS) is 11.9. The van der Waals surface area contributed by atoms with Crippen molar-refractivity contribution < 1.29 is 79.7 Å². The molecular formula is C81H86F3N17O14. The first kappa shape index (κ1) is 84.2. The molecule has 31 nitrogen and oxygen atoms in total. The average Bonchev–Trinajstić information content (AvgIpc) is 1.50. The van der Waals surface area contributed by atoms with Gasteiger partial charge in [-0.25, -0.2) is 19.9 Å². The van der Waals surface area contributed by atoms with Crippen LogP contribution in [0.1, 0.15) is 103 Å². The van der Waals surface area contributed by atoms with Gasteiger partial charge in [0.2, 0.25) is 23.5 Å². The Labute approximate surface area is 660 Å². The fourth-order valence-electron chi connectivity index (χ4n) is 11.6. The summed E-state index contributed by atoms with van der Waals surface area (Å²) in [5.74, 6) is 2.81. The molecule has 1 aliphatic heterocycles. The highest BCUT2D eigenvalue weighted by atomic mass is 19.4. The number of aldehydes is 4. The molecule has 1 aliphatic rings. The van der Waals surface area contributed by atoms with Gasteiger partial charge in [0.1, 0.15) is 74.9 Å². The molecule has 1 saturated heterocycles. The molecule has 600 valence electrons. The molecule has 0 aromatic carbocycles. The van der Waals surface area contributed by atoms with Crippen LogP contribution in [0.5, 0.6) is 46.5 Å². The predicted octanol–water partition coefficient (Wildman–Crippen LogP) is 12.2. The number of morpholine rings is 1. The molecule has 0 N–H and O–H groups in total. The smallest absolute Gasteiger partial charge is 0.408 e. The van der Waals surface area contributed by atoms with Gasteiger partial charge in [0.25, 0.3) is 0 Å². The summed E-state index contributed by atoms with van der Waals surface area (Å²) >= 11 is 0. The third-order valence-electron chi connectivity index (χ3n) is 17.2. The first-order chi connectivity index (χ1) is 56.0. The zero-order valence-corrected chi connectivity index (χ0v) is 64.5. The Morgan fingerprint density at radius 2 is 0.930 bits per heavy atom. The maximum atomic E-state index is 12.5. The number of methoxy groups -OCH3 is 3. The van der Waals surface area contributed by atoms with E-state index in [1.165, 1.54) is 63.5 Å². The standard InChI is InChI=1S/C24H29N5O4.C20H22N4O4.C19H20N4O3.C18H15F3N4O3/c1-18(2)29-21(5-7-27-29)24-19(4-3-6-25-24)17-33-22-15-26-23(14-20(22)16-30)32-13-10-28-8-11-31-12-9-28;1-3-24-17(6-8-23-24)20-15(5-4-7-21-20)14-28-18-12-22-19(11-16(18)13-25)27-10-9-26-2;1-4-23-19(13(2)9-22-23)18-14(6-5-7-20-18)12-26-16-10-21-17(25-3)8-15(16)11-24;1-27-16-7-13(9-26)15(8-23-16)28-10-12-3-2-5-22-17(12)14-4-6-25(24-14)11-18(19,20)21/h3-7,14-16,18H,8-13,17H2,1-2H3;4-8,11-13H,3,9-10,14H2,1-2H3;5-11H,4,12H2,1-3H3;2-9H,10-11H2,1H3. The Hall–Kier alpha value is -13.2. The molecule has 1 fully saturated rings. The summed E-state index contributed by atoms with van der Waals surface area (Å²) in [5, 5.41) is 17.0. The number of aryl methyl sites for hydroxylation is 3. The van der Waals surface area contributed by atoms with Crippen LogP contribution < -0.4 is 37.9 Å². The lowest BCUT2D eigenvalue weighted by atomic mass is 10.1. The fourth-order valence-corrected chi connectivity index (χ4v) is 11.6. The Morgan fingerprint density at radius 1 is 0.487 bits per heavy atom. The van der Waals surface area contributed by atoms with Crippen LogP contribution >= 0.6 is 0 Å². The van der Waals surface area contributed by atoms with E-state index >= 15 is 0 Å². The lowest BCUT2D eigenvalue weighted by Gasteiger charge is -2.26. The van der Waals surface area contributed by atoms with E-state index in [2.05, 4.69) is 79.0 Å². The molecule has 0 atom stereocenters. The van der Waals surface area contributed by atoms with Crippen LogP contribution in [0.4, 0.5) is 13.2 Å². The molecule has 34 heteroatoms. The zero-order valence-electron chi connectivity index (χ0n) is 64.5. The van der Waals surface area contributed by atoms with Crippen molar-refractivity contribution in [3.05, 3.63) is 215 Å². The summed E-state index contributed by atoms with van der Waals surface area (Å²) in [6.07, 6.45) is 17.6. The molecular weight excluding hydrogens is 1490 g/mol. The van der Waals surface area contributed by atoms with Crippen molar-refractivity contribution in [3.8, 4) is 92.1 Å². The number of hydrogen-bond donors (Lipinski definition) is 0. The Morgan fingerprint density at radius 3 is 1.41 bits per heavy atom. The zero-order chi connectivity index (χ0) is 81.5. The van der Waals surface area contributed by atoms with Crippen molar-refractivity contribution in [1.82, 2.24) is 83.9 Å². The van der Waals surface area contributed by atoms with Crippen molar-refractivity contribution in [2.45, 2.75) is 92.9 Å². The lowest BCUT2D eigenvalue weighted by molar-refractivity contribution is -0.142. The number of carbonyl (C=O) groups is 4. The van der Waals surface area contributed by atoms with Gasteiger partial charge in [-0.3, -0.25) is 62.7 Å². The summed E-state index contributed by atoms with van der Waals surface area (Å²) < 4.78 is 98.9. The van der Waals surface area contributed by atoms with Gasteiger partial charge in [-0.1, -0.05) is 24.3 Å². The lowest BCUT2D eigenvalue weighted by Crippen LogP contribution is -2.38. The van der Waals surface area contributed by atoms with E-state index < -0.39 is 12.7 Å². The van der Waals surface area contributed by atoms with E-state index in [1.54, 1.807) is 68.4 Å². The van der Waals surface area contributed by atoms with E-state index in [0.29, 0.717) is 88.9 Å². The van der Waals surface area contributed by atoms with Gasteiger partial charge in [-0.05, 0) is 82.6 Å². The van der Waals surface area contributed by atoms with Crippen molar-refractivity contribution in [3.63, 3.8) is 0 Å². The van der Waals surface area contributed by atoms with Gasteiger partial charge in [-0.2, -0.15) is 33.6 Å². The highest BCUT2D eigenvalue weighted by Gasteiger charge is 2.29. The second-order valence-electron chi connectivity index (χ2n) is 25.3. The maximum Gasteiger partial charge on any atom is 0.408 e. The SMILES string of the molecule is CC(C)n1nccc1-c1ncccc1COc1cnc(OCCN2CCOCC2)cc1C=O.CCn1ncc(C)c1-c1ncccc1COc1cnc(OC)cc1C=O.CCn1nccc1-c1ncccc1COc1cnc(OCCOC)cc1C=O.COc1cc(C=O)c(OCc2cccnc2-c2ccn(CC(F)(F)F)n2)cn1. The Balaban J connectivity index is 0.000000163. The minimum Gasteiger partial charge on any atom is -0.486 e. The number of pyridine rings is 8. The third kappa shape index (κ3) is 23.5. The van der Waals surface area contributed by atoms with Crippen LogP contribution in [0.25, 0.3) is 45.6 Å². The second kappa shape index (κ2) is 42.4. The van der Waals surface area contributed by atoms with E-state index in [-0.39, 0.29) is 55.4 Å². The van der Waals surface area contributed by atoms with Gasteiger partial charge in [-0.15, -0.1) is 0 Å². The van der Waals surface area contributed by atoms with E-state index in [0.717, 1.165) is 126 Å². The summed E-state index contributed by atoms with van der Waals surface area (Å²) in [7, 11) is 4.51. The van der Waals surface area contributed by atoms with Crippen LogP contribution in [0, 0.1) is 6.92 Å². The van der Waals surface area contributed by atoms with Crippen LogP contribution in [0.2, 0.25) is 0 Å². The largest absolute Gasteiger partial charge is 0.486 e.